The normalized spacial score (nSPS) is 15.9. The van der Waals surface area contributed by atoms with Gasteiger partial charge < -0.3 is 18.9 Å². The van der Waals surface area contributed by atoms with Crippen molar-refractivity contribution in [2.75, 3.05) is 27.9 Å². The van der Waals surface area contributed by atoms with Gasteiger partial charge in [-0.2, -0.15) is 0 Å². The summed E-state index contributed by atoms with van der Waals surface area (Å²) >= 11 is 0. The second-order valence-corrected chi connectivity index (χ2v) is 5.03. The maximum atomic E-state index is 11.7. The first kappa shape index (κ1) is 16.2. The van der Waals surface area contributed by atoms with Gasteiger partial charge in [0.1, 0.15) is 0 Å². The number of benzene rings is 1. The molecule has 22 heavy (non-hydrogen) atoms. The van der Waals surface area contributed by atoms with Crippen LogP contribution in [0, 0.1) is 6.92 Å². The minimum absolute atomic E-state index is 0.254. The third kappa shape index (κ3) is 2.63. The molecule has 0 N–H and O–H groups in total. The summed E-state index contributed by atoms with van der Waals surface area (Å²) in [6.45, 7) is 4.43. The van der Waals surface area contributed by atoms with Crippen LogP contribution in [0.4, 0.5) is 0 Å². The van der Waals surface area contributed by atoms with E-state index in [0.29, 0.717) is 35.8 Å². The van der Waals surface area contributed by atoms with Gasteiger partial charge in [0.25, 0.3) is 0 Å². The highest BCUT2D eigenvalue weighted by Gasteiger charge is 2.25. The van der Waals surface area contributed by atoms with Crippen LogP contribution in [0.1, 0.15) is 30.0 Å². The Morgan fingerprint density at radius 3 is 2.18 bits per heavy atom. The molecule has 0 unspecified atom stereocenters. The average molecular weight is 306 g/mol. The van der Waals surface area contributed by atoms with Gasteiger partial charge in [-0.25, -0.2) is 4.79 Å². The smallest absolute Gasteiger partial charge is 0.334 e. The van der Waals surface area contributed by atoms with Gasteiger partial charge in [-0.3, -0.25) is 0 Å². The second kappa shape index (κ2) is 6.73. The number of ether oxygens (including phenoxy) is 4. The Balaban J connectivity index is 2.74. The van der Waals surface area contributed by atoms with Crippen LogP contribution in [0.2, 0.25) is 0 Å². The van der Waals surface area contributed by atoms with Gasteiger partial charge in [0, 0.05) is 23.1 Å². The number of carbonyl (C=O) groups is 1. The molecule has 1 aromatic carbocycles. The summed E-state index contributed by atoms with van der Waals surface area (Å²) in [7, 11) is 4.79. The van der Waals surface area contributed by atoms with Crippen molar-refractivity contribution >= 4 is 12.0 Å². The predicted octanol–water partition coefficient (Wildman–Crippen LogP) is 2.91. The molecule has 1 aliphatic rings. The SMILES string of the molecule is CCc1c(/C=C2\CCOC2=O)c(C)c(OC)c(OC)c1OC. The van der Waals surface area contributed by atoms with Crippen LogP contribution >= 0.6 is 0 Å². The van der Waals surface area contributed by atoms with Crippen LogP contribution in [0.25, 0.3) is 6.08 Å². The van der Waals surface area contributed by atoms with Crippen molar-refractivity contribution in [3.63, 3.8) is 0 Å². The molecule has 0 bridgehead atoms. The summed E-state index contributed by atoms with van der Waals surface area (Å²) in [5, 5.41) is 0. The molecule has 0 aliphatic carbocycles. The Hall–Kier alpha value is -2.17. The van der Waals surface area contributed by atoms with Crippen LogP contribution in [0.5, 0.6) is 17.2 Å². The van der Waals surface area contributed by atoms with Gasteiger partial charge in [0.2, 0.25) is 5.75 Å². The molecule has 5 heteroatoms. The van der Waals surface area contributed by atoms with E-state index in [4.69, 9.17) is 18.9 Å². The van der Waals surface area contributed by atoms with Gasteiger partial charge in [0.05, 0.1) is 27.9 Å². The molecule has 1 aromatic rings. The van der Waals surface area contributed by atoms with Crippen molar-refractivity contribution in [3.8, 4) is 17.2 Å². The number of methoxy groups -OCH3 is 3. The highest BCUT2D eigenvalue weighted by atomic mass is 16.5. The summed E-state index contributed by atoms with van der Waals surface area (Å²) in [5.41, 5.74) is 3.52. The standard InChI is InChI=1S/C17H22O5/c1-6-12-13(9-11-7-8-22-17(11)18)10(2)14(19-3)16(21-5)15(12)20-4/h9H,6-8H2,1-5H3/b11-9+. The van der Waals surface area contributed by atoms with E-state index in [1.54, 1.807) is 21.3 Å². The molecule has 2 rings (SSSR count). The van der Waals surface area contributed by atoms with E-state index in [0.717, 1.165) is 23.1 Å². The Morgan fingerprint density at radius 1 is 1.09 bits per heavy atom. The lowest BCUT2D eigenvalue weighted by Gasteiger charge is -2.21. The molecule has 1 fully saturated rings. The van der Waals surface area contributed by atoms with Crippen molar-refractivity contribution in [2.45, 2.75) is 26.7 Å². The number of carbonyl (C=O) groups excluding carboxylic acids is 1. The number of hydrogen-bond acceptors (Lipinski definition) is 5. The van der Waals surface area contributed by atoms with Crippen molar-refractivity contribution < 1.29 is 23.7 Å². The highest BCUT2D eigenvalue weighted by molar-refractivity contribution is 5.96. The summed E-state index contributed by atoms with van der Waals surface area (Å²) < 4.78 is 21.5. The molecule has 0 spiro atoms. The van der Waals surface area contributed by atoms with Gasteiger partial charge in [0.15, 0.2) is 11.5 Å². The van der Waals surface area contributed by atoms with Crippen LogP contribution < -0.4 is 14.2 Å². The molecular formula is C17H22O5. The maximum absolute atomic E-state index is 11.7. The minimum atomic E-state index is -0.254. The summed E-state index contributed by atoms with van der Waals surface area (Å²) in [6, 6.07) is 0. The maximum Gasteiger partial charge on any atom is 0.334 e. The predicted molar refractivity (Wildman–Crippen MR) is 83.8 cm³/mol. The molecule has 0 saturated carbocycles. The van der Waals surface area contributed by atoms with Gasteiger partial charge in [-0.05, 0) is 25.0 Å². The first-order chi connectivity index (χ1) is 10.6. The zero-order valence-electron chi connectivity index (χ0n) is 13.7. The lowest BCUT2D eigenvalue weighted by atomic mass is 9.94. The third-order valence-electron chi connectivity index (χ3n) is 3.91. The third-order valence-corrected chi connectivity index (χ3v) is 3.91. The van der Waals surface area contributed by atoms with E-state index in [1.807, 2.05) is 19.9 Å². The molecule has 1 aliphatic heterocycles. The lowest BCUT2D eigenvalue weighted by Crippen LogP contribution is -2.05. The summed E-state index contributed by atoms with van der Waals surface area (Å²) in [6.07, 6.45) is 3.25. The average Bonchev–Trinajstić information content (AvgIpc) is 2.93. The zero-order valence-corrected chi connectivity index (χ0v) is 13.7. The fourth-order valence-electron chi connectivity index (χ4n) is 2.83. The van der Waals surface area contributed by atoms with Crippen molar-refractivity contribution in [1.82, 2.24) is 0 Å². The quantitative estimate of drug-likeness (QED) is 0.618. The molecule has 120 valence electrons. The first-order valence-electron chi connectivity index (χ1n) is 7.28. The fraction of sp³-hybridized carbons (Fsp3) is 0.471. The van der Waals surface area contributed by atoms with Crippen molar-refractivity contribution in [2.24, 2.45) is 0 Å². The van der Waals surface area contributed by atoms with E-state index in [2.05, 4.69) is 0 Å². The van der Waals surface area contributed by atoms with Gasteiger partial charge >= 0.3 is 5.97 Å². The van der Waals surface area contributed by atoms with Crippen LogP contribution in [-0.4, -0.2) is 33.9 Å². The Labute approximate surface area is 130 Å². The highest BCUT2D eigenvalue weighted by Crippen LogP contribution is 2.46. The van der Waals surface area contributed by atoms with Gasteiger partial charge in [-0.15, -0.1) is 0 Å². The molecule has 0 radical (unpaired) electrons. The number of cyclic esters (lactones) is 1. The number of esters is 1. The number of hydrogen-bond donors (Lipinski definition) is 0. The number of rotatable bonds is 5. The Bertz CT molecular complexity index is 616. The first-order valence-corrected chi connectivity index (χ1v) is 7.28. The summed E-state index contributed by atoms with van der Waals surface area (Å²) in [4.78, 5) is 11.7. The molecule has 0 aromatic heterocycles. The van der Waals surface area contributed by atoms with Gasteiger partial charge in [-0.1, -0.05) is 6.92 Å². The van der Waals surface area contributed by atoms with E-state index >= 15 is 0 Å². The van der Waals surface area contributed by atoms with Crippen LogP contribution in [-0.2, 0) is 16.0 Å². The second-order valence-electron chi connectivity index (χ2n) is 5.03. The Kier molecular flexibility index (Phi) is 4.96. The monoisotopic (exact) mass is 306 g/mol. The molecule has 1 heterocycles. The van der Waals surface area contributed by atoms with Crippen LogP contribution in [0.15, 0.2) is 5.57 Å². The summed E-state index contributed by atoms with van der Waals surface area (Å²) in [5.74, 6) is 1.59. The molecule has 5 nitrogen and oxygen atoms in total. The molecular weight excluding hydrogens is 284 g/mol. The zero-order chi connectivity index (χ0) is 16.3. The largest absolute Gasteiger partial charge is 0.492 e. The molecule has 0 atom stereocenters. The molecule has 1 saturated heterocycles. The van der Waals surface area contributed by atoms with Crippen molar-refractivity contribution in [3.05, 3.63) is 22.3 Å². The molecule has 0 amide bonds. The Morgan fingerprint density at radius 2 is 1.73 bits per heavy atom. The van der Waals surface area contributed by atoms with Crippen molar-refractivity contribution in [1.29, 1.82) is 0 Å². The van der Waals surface area contributed by atoms with E-state index in [1.165, 1.54) is 0 Å². The minimum Gasteiger partial charge on any atom is -0.492 e. The van der Waals surface area contributed by atoms with E-state index in [-0.39, 0.29) is 5.97 Å². The lowest BCUT2D eigenvalue weighted by molar-refractivity contribution is -0.134. The van der Waals surface area contributed by atoms with Crippen LogP contribution in [0.3, 0.4) is 0 Å². The van der Waals surface area contributed by atoms with E-state index in [9.17, 15) is 4.79 Å². The van der Waals surface area contributed by atoms with E-state index < -0.39 is 0 Å². The fourth-order valence-corrected chi connectivity index (χ4v) is 2.83. The topological polar surface area (TPSA) is 54.0 Å².